The molecule has 2 amide bonds. The van der Waals surface area contributed by atoms with Crippen molar-refractivity contribution in [2.24, 2.45) is 0 Å². The first-order valence-corrected chi connectivity index (χ1v) is 13.3. The zero-order valence-corrected chi connectivity index (χ0v) is 23.5. The maximum absolute atomic E-state index is 13.0. The van der Waals surface area contributed by atoms with Crippen molar-refractivity contribution >= 4 is 28.0 Å². The first-order chi connectivity index (χ1) is 17.3. The van der Waals surface area contributed by atoms with Crippen LogP contribution >= 0.6 is 0 Å². The van der Waals surface area contributed by atoms with E-state index in [9.17, 15) is 27.9 Å². The molecule has 2 atom stereocenters. The Balaban J connectivity index is 0.00000380. The van der Waals surface area contributed by atoms with Crippen LogP contribution in [-0.4, -0.2) is 67.3 Å². The molecule has 0 radical (unpaired) electrons. The summed E-state index contributed by atoms with van der Waals surface area (Å²) in [6, 6.07) is 11.8. The molecule has 0 aliphatic carbocycles. The van der Waals surface area contributed by atoms with Gasteiger partial charge in [0.05, 0.1) is 16.9 Å². The number of amides is 2. The molecule has 2 heterocycles. The second kappa shape index (κ2) is 12.9. The Morgan fingerprint density at radius 2 is 1.62 bits per heavy atom. The zero-order chi connectivity index (χ0) is 25.7. The van der Waals surface area contributed by atoms with Gasteiger partial charge in [-0.25, -0.2) is 13.2 Å². The van der Waals surface area contributed by atoms with Gasteiger partial charge in [-0.05, 0) is 61.9 Å². The predicted molar refractivity (Wildman–Crippen MR) is 127 cm³/mol. The van der Waals surface area contributed by atoms with E-state index in [4.69, 9.17) is 4.74 Å². The molecule has 192 valence electrons. The Morgan fingerprint density at radius 3 is 2.24 bits per heavy atom. The number of nitrogens with one attached hydrogen (secondary N) is 1. The van der Waals surface area contributed by atoms with E-state index < -0.39 is 40.1 Å². The zero-order valence-electron chi connectivity index (χ0n) is 20.7. The van der Waals surface area contributed by atoms with E-state index in [1.54, 1.807) is 47.4 Å². The van der Waals surface area contributed by atoms with E-state index >= 15 is 0 Å². The van der Waals surface area contributed by atoms with E-state index in [0.717, 1.165) is 17.1 Å². The third-order valence-electron chi connectivity index (χ3n) is 6.39. The first kappa shape index (κ1) is 29.1. The number of sulfonamides is 1. The van der Waals surface area contributed by atoms with Crippen molar-refractivity contribution in [3.63, 3.8) is 0 Å². The Labute approximate surface area is 238 Å². The number of rotatable bonds is 8. The number of hydrogen-bond acceptors (Lipinski definition) is 7. The molecule has 0 saturated carbocycles. The molecule has 4 rings (SSSR count). The number of nitrogens with zero attached hydrogens (tertiary/aromatic N) is 2. The van der Waals surface area contributed by atoms with Crippen molar-refractivity contribution in [2.45, 2.75) is 49.1 Å². The molecule has 37 heavy (non-hydrogen) atoms. The van der Waals surface area contributed by atoms with E-state index in [1.165, 1.54) is 12.1 Å². The van der Waals surface area contributed by atoms with Crippen LogP contribution in [0.2, 0.25) is 0 Å². The normalized spacial score (nSPS) is 18.6. The fraction of sp³-hybridized carbons (Fsp3) is 0.400. The molecule has 2 fully saturated rings. The summed E-state index contributed by atoms with van der Waals surface area (Å²) in [7, 11) is -3.90. The molecule has 2 aliphatic heterocycles. The summed E-state index contributed by atoms with van der Waals surface area (Å²) in [6.45, 7) is 1.49. The minimum atomic E-state index is -3.90. The molecule has 2 aromatic carbocycles. The smallest absolute Gasteiger partial charge is 0.548 e. The van der Waals surface area contributed by atoms with Gasteiger partial charge in [0, 0.05) is 19.6 Å². The van der Waals surface area contributed by atoms with Gasteiger partial charge in [-0.15, -0.1) is 0 Å². The minimum absolute atomic E-state index is 0. The van der Waals surface area contributed by atoms with E-state index in [-0.39, 0.29) is 53.8 Å². The number of ether oxygens (including phenoxy) is 1. The van der Waals surface area contributed by atoms with E-state index in [1.807, 2.05) is 0 Å². The van der Waals surface area contributed by atoms with Gasteiger partial charge >= 0.3 is 35.7 Å². The fourth-order valence-electron chi connectivity index (χ4n) is 4.47. The SMILES string of the molecule is O=C([O-])C(Cc1ccc(OC(=O)N2CCCC2)cc1)NC(=O)C1CCCN1S(=O)(=O)c1ccccc1.[Na+]. The maximum atomic E-state index is 13.0. The molecule has 1 N–H and O–H groups in total. The van der Waals surface area contributed by atoms with Crippen molar-refractivity contribution in [1.29, 1.82) is 0 Å². The standard InChI is InChI=1S/C25H29N3O7S.Na/c29-23(22-9-6-16-28(22)36(33,34)20-7-2-1-3-8-20)26-21(24(30)31)17-18-10-12-19(13-11-18)35-25(32)27-14-4-5-15-27;/h1-3,7-8,10-13,21-22H,4-6,9,14-17H2,(H,26,29)(H,30,31);/q;+1/p-1. The van der Waals surface area contributed by atoms with Gasteiger partial charge in [-0.3, -0.25) is 4.79 Å². The maximum Gasteiger partial charge on any atom is 1.00 e. The quantitative estimate of drug-likeness (QED) is 0.382. The average molecular weight is 538 g/mol. The Hall–Kier alpha value is -2.44. The molecule has 2 saturated heterocycles. The van der Waals surface area contributed by atoms with Crippen molar-refractivity contribution in [3.05, 3.63) is 60.2 Å². The number of aliphatic carboxylic acids is 1. The third kappa shape index (κ3) is 7.11. The van der Waals surface area contributed by atoms with Crippen LogP contribution in [0.25, 0.3) is 0 Å². The van der Waals surface area contributed by atoms with E-state index in [2.05, 4.69) is 5.32 Å². The summed E-state index contributed by atoms with van der Waals surface area (Å²) in [6.07, 6.45) is 2.16. The Kier molecular flexibility index (Phi) is 10.1. The minimum Gasteiger partial charge on any atom is -0.548 e. The van der Waals surface area contributed by atoms with Crippen LogP contribution in [-0.2, 0) is 26.0 Å². The van der Waals surface area contributed by atoms with Gasteiger partial charge < -0.3 is 24.9 Å². The van der Waals surface area contributed by atoms with Crippen LogP contribution < -0.4 is 44.7 Å². The van der Waals surface area contributed by atoms with Crippen LogP contribution in [0.3, 0.4) is 0 Å². The molecule has 2 aromatic rings. The van der Waals surface area contributed by atoms with Crippen LogP contribution in [0.4, 0.5) is 4.79 Å². The van der Waals surface area contributed by atoms with Gasteiger partial charge in [-0.2, -0.15) is 4.31 Å². The number of carboxylic acid groups (broad SMARTS) is 1. The number of hydrogen-bond donors (Lipinski definition) is 1. The molecule has 0 aromatic heterocycles. The fourth-order valence-corrected chi connectivity index (χ4v) is 6.15. The summed E-state index contributed by atoms with van der Waals surface area (Å²) in [5, 5.41) is 14.2. The molecular weight excluding hydrogens is 509 g/mol. The molecule has 10 nitrogen and oxygen atoms in total. The van der Waals surface area contributed by atoms with Gasteiger partial charge in [0.15, 0.2) is 0 Å². The van der Waals surface area contributed by atoms with Crippen LogP contribution in [0.1, 0.15) is 31.2 Å². The Morgan fingerprint density at radius 1 is 0.973 bits per heavy atom. The van der Waals surface area contributed by atoms with Crippen molar-refractivity contribution in [1.82, 2.24) is 14.5 Å². The average Bonchev–Trinajstić information content (AvgIpc) is 3.58. The van der Waals surface area contributed by atoms with Crippen LogP contribution in [0.15, 0.2) is 59.5 Å². The second-order valence-corrected chi connectivity index (χ2v) is 10.8. The van der Waals surface area contributed by atoms with Crippen molar-refractivity contribution in [2.75, 3.05) is 19.6 Å². The van der Waals surface area contributed by atoms with Gasteiger partial charge in [0.1, 0.15) is 11.8 Å². The molecule has 0 spiro atoms. The van der Waals surface area contributed by atoms with Gasteiger partial charge in [0.2, 0.25) is 15.9 Å². The molecular formula is C25H28N3NaO7S. The topological polar surface area (TPSA) is 136 Å². The van der Waals surface area contributed by atoms with Crippen molar-refractivity contribution < 1.29 is 62.2 Å². The molecule has 2 unspecified atom stereocenters. The number of carbonyl (C=O) groups is 3. The molecule has 2 aliphatic rings. The second-order valence-electron chi connectivity index (χ2n) is 8.88. The first-order valence-electron chi connectivity index (χ1n) is 11.9. The summed E-state index contributed by atoms with van der Waals surface area (Å²) in [4.78, 5) is 38.6. The van der Waals surface area contributed by atoms with Gasteiger partial charge in [0.25, 0.3) is 0 Å². The molecule has 0 bridgehead atoms. The number of carboxylic acids is 1. The summed E-state index contributed by atoms with van der Waals surface area (Å²) in [5.74, 6) is -1.84. The largest absolute Gasteiger partial charge is 1.00 e. The number of likely N-dealkylation sites (tertiary alicyclic amines) is 1. The van der Waals surface area contributed by atoms with Gasteiger partial charge in [-0.1, -0.05) is 30.3 Å². The monoisotopic (exact) mass is 537 g/mol. The summed E-state index contributed by atoms with van der Waals surface area (Å²) < 4.78 is 32.5. The van der Waals surface area contributed by atoms with Crippen LogP contribution in [0, 0.1) is 0 Å². The summed E-state index contributed by atoms with van der Waals surface area (Å²) in [5.41, 5.74) is 0.575. The third-order valence-corrected chi connectivity index (χ3v) is 8.31. The number of benzene rings is 2. The number of carbonyl (C=O) groups excluding carboxylic acids is 3. The van der Waals surface area contributed by atoms with E-state index in [0.29, 0.717) is 30.8 Å². The predicted octanol–water partition coefficient (Wildman–Crippen LogP) is -2.08. The van der Waals surface area contributed by atoms with Crippen LogP contribution in [0.5, 0.6) is 5.75 Å². The summed E-state index contributed by atoms with van der Waals surface area (Å²) >= 11 is 0. The Bertz CT molecular complexity index is 1200. The van der Waals surface area contributed by atoms with Crippen molar-refractivity contribution in [3.8, 4) is 5.75 Å². The molecule has 12 heteroatoms.